The van der Waals surface area contributed by atoms with E-state index >= 15 is 0 Å². The van der Waals surface area contributed by atoms with E-state index < -0.39 is 11.6 Å². The average Bonchev–Trinajstić information content (AvgIpc) is 2.27. The summed E-state index contributed by atoms with van der Waals surface area (Å²) >= 11 is 1.43. The second-order valence-electron chi connectivity index (χ2n) is 3.64. The predicted molar refractivity (Wildman–Crippen MR) is 63.7 cm³/mol. The maximum absolute atomic E-state index is 13.3. The molecule has 0 bridgehead atoms. The van der Waals surface area contributed by atoms with Crippen LogP contribution in [0.15, 0.2) is 18.2 Å². The van der Waals surface area contributed by atoms with E-state index in [0.717, 1.165) is 6.07 Å². The van der Waals surface area contributed by atoms with Crippen molar-refractivity contribution in [3.05, 3.63) is 35.4 Å². The Morgan fingerprint density at radius 1 is 1.47 bits per heavy atom. The standard InChI is InChI=1S/C12H14F2O2S/c1-8(5-12(15)16-2)17-7-9-3-4-10(13)6-11(9)14/h3-4,6,8H,5,7H2,1-2H3. The minimum absolute atomic E-state index is 0.0342. The smallest absolute Gasteiger partial charge is 0.306 e. The first-order chi connectivity index (χ1) is 8.02. The molecule has 1 aromatic rings. The number of carbonyl (C=O) groups excluding carboxylic acids is 1. The van der Waals surface area contributed by atoms with Crippen LogP contribution < -0.4 is 0 Å². The van der Waals surface area contributed by atoms with Gasteiger partial charge in [-0.05, 0) is 11.6 Å². The zero-order valence-electron chi connectivity index (χ0n) is 9.70. The highest BCUT2D eigenvalue weighted by molar-refractivity contribution is 7.99. The van der Waals surface area contributed by atoms with Crippen molar-refractivity contribution in [3.8, 4) is 0 Å². The summed E-state index contributed by atoms with van der Waals surface area (Å²) in [6, 6.07) is 3.51. The molecule has 1 unspecified atom stereocenters. The highest BCUT2D eigenvalue weighted by Gasteiger charge is 2.11. The first kappa shape index (κ1) is 14.0. The van der Waals surface area contributed by atoms with Crippen molar-refractivity contribution in [2.24, 2.45) is 0 Å². The van der Waals surface area contributed by atoms with Crippen LogP contribution in [0.2, 0.25) is 0 Å². The van der Waals surface area contributed by atoms with Crippen LogP contribution in [0.4, 0.5) is 8.78 Å². The molecule has 0 saturated carbocycles. The van der Waals surface area contributed by atoms with Crippen molar-refractivity contribution in [1.82, 2.24) is 0 Å². The second-order valence-corrected chi connectivity index (χ2v) is 5.06. The van der Waals surface area contributed by atoms with E-state index in [1.807, 2.05) is 6.92 Å². The van der Waals surface area contributed by atoms with Crippen molar-refractivity contribution in [1.29, 1.82) is 0 Å². The van der Waals surface area contributed by atoms with Gasteiger partial charge in [0.2, 0.25) is 0 Å². The molecule has 17 heavy (non-hydrogen) atoms. The van der Waals surface area contributed by atoms with Gasteiger partial charge in [0.1, 0.15) is 11.6 Å². The summed E-state index contributed by atoms with van der Waals surface area (Å²) in [5.41, 5.74) is 0.438. The van der Waals surface area contributed by atoms with Gasteiger partial charge >= 0.3 is 5.97 Å². The predicted octanol–water partition coefficient (Wildman–Crippen LogP) is 3.15. The molecule has 5 heteroatoms. The van der Waals surface area contributed by atoms with Gasteiger partial charge in [0.25, 0.3) is 0 Å². The number of thioether (sulfide) groups is 1. The number of hydrogen-bond donors (Lipinski definition) is 0. The van der Waals surface area contributed by atoms with Gasteiger partial charge in [0, 0.05) is 17.1 Å². The first-order valence-corrected chi connectivity index (χ1v) is 6.20. The number of hydrogen-bond acceptors (Lipinski definition) is 3. The SMILES string of the molecule is COC(=O)CC(C)SCc1ccc(F)cc1F. The minimum atomic E-state index is -0.584. The molecule has 0 aromatic heterocycles. The van der Waals surface area contributed by atoms with Crippen molar-refractivity contribution in [2.45, 2.75) is 24.3 Å². The molecule has 0 spiro atoms. The quantitative estimate of drug-likeness (QED) is 0.761. The molecule has 1 rings (SSSR count). The normalized spacial score (nSPS) is 12.2. The second kappa shape index (κ2) is 6.59. The number of halogens is 2. The lowest BCUT2D eigenvalue weighted by molar-refractivity contribution is -0.140. The highest BCUT2D eigenvalue weighted by atomic mass is 32.2. The molecule has 2 nitrogen and oxygen atoms in total. The van der Waals surface area contributed by atoms with E-state index in [4.69, 9.17) is 0 Å². The maximum atomic E-state index is 13.3. The number of rotatable bonds is 5. The van der Waals surface area contributed by atoms with E-state index in [9.17, 15) is 13.6 Å². The molecule has 0 heterocycles. The van der Waals surface area contributed by atoms with Crippen LogP contribution in [0.3, 0.4) is 0 Å². The Balaban J connectivity index is 2.47. The third-order valence-electron chi connectivity index (χ3n) is 2.22. The van der Waals surface area contributed by atoms with E-state index in [2.05, 4.69) is 4.74 Å². The topological polar surface area (TPSA) is 26.3 Å². The van der Waals surface area contributed by atoms with Crippen molar-refractivity contribution in [2.75, 3.05) is 7.11 Å². The lowest BCUT2D eigenvalue weighted by atomic mass is 10.2. The van der Waals surface area contributed by atoms with Crippen LogP contribution in [-0.4, -0.2) is 18.3 Å². The van der Waals surface area contributed by atoms with Gasteiger partial charge in [-0.15, -0.1) is 0 Å². The lowest BCUT2D eigenvalue weighted by Gasteiger charge is -2.10. The molecule has 0 amide bonds. The van der Waals surface area contributed by atoms with E-state index in [1.54, 1.807) is 0 Å². The van der Waals surface area contributed by atoms with Crippen molar-refractivity contribution in [3.63, 3.8) is 0 Å². The molecular formula is C12H14F2O2S. The summed E-state index contributed by atoms with van der Waals surface area (Å²) in [5.74, 6) is -1.02. The molecule has 0 aliphatic rings. The summed E-state index contributed by atoms with van der Waals surface area (Å²) in [6.07, 6.45) is 0.282. The molecule has 1 atom stereocenters. The van der Waals surface area contributed by atoms with Gasteiger partial charge in [-0.2, -0.15) is 11.8 Å². The number of methoxy groups -OCH3 is 1. The Hall–Kier alpha value is -1.10. The fourth-order valence-electron chi connectivity index (χ4n) is 1.25. The Morgan fingerprint density at radius 3 is 2.76 bits per heavy atom. The van der Waals surface area contributed by atoms with Gasteiger partial charge in [0.05, 0.1) is 13.5 Å². The molecule has 1 aromatic carbocycles. The summed E-state index contributed by atoms with van der Waals surface area (Å²) in [4.78, 5) is 11.0. The van der Waals surface area contributed by atoms with Crippen LogP contribution >= 0.6 is 11.8 Å². The van der Waals surface area contributed by atoms with Crippen LogP contribution in [0.1, 0.15) is 18.9 Å². The Kier molecular flexibility index (Phi) is 5.41. The van der Waals surface area contributed by atoms with Gasteiger partial charge in [-0.1, -0.05) is 13.0 Å². The fourth-order valence-corrected chi connectivity index (χ4v) is 2.20. The van der Waals surface area contributed by atoms with Crippen LogP contribution in [0.5, 0.6) is 0 Å². The van der Waals surface area contributed by atoms with Crippen LogP contribution in [0.25, 0.3) is 0 Å². The average molecular weight is 260 g/mol. The third kappa shape index (κ3) is 4.73. The molecule has 0 fully saturated rings. The molecule has 0 aliphatic carbocycles. The summed E-state index contributed by atoms with van der Waals surface area (Å²) < 4.78 is 30.5. The molecule has 94 valence electrons. The van der Waals surface area contributed by atoms with Gasteiger partial charge in [-0.25, -0.2) is 8.78 Å². The molecule has 0 aliphatic heterocycles. The van der Waals surface area contributed by atoms with Crippen LogP contribution in [0, 0.1) is 11.6 Å². The van der Waals surface area contributed by atoms with Gasteiger partial charge in [-0.3, -0.25) is 4.79 Å². The number of benzene rings is 1. The summed E-state index contributed by atoms with van der Waals surface area (Å²) in [5, 5.41) is 0.0342. The van der Waals surface area contributed by atoms with Gasteiger partial charge < -0.3 is 4.74 Å². The Bertz CT molecular complexity index is 396. The zero-order chi connectivity index (χ0) is 12.8. The maximum Gasteiger partial charge on any atom is 0.306 e. The Labute approximate surface area is 103 Å². The van der Waals surface area contributed by atoms with E-state index in [-0.39, 0.29) is 17.6 Å². The summed E-state index contributed by atoms with van der Waals surface area (Å²) in [6.45, 7) is 1.86. The van der Waals surface area contributed by atoms with E-state index in [1.165, 1.54) is 31.0 Å². The largest absolute Gasteiger partial charge is 0.469 e. The molecular weight excluding hydrogens is 246 g/mol. The minimum Gasteiger partial charge on any atom is -0.469 e. The third-order valence-corrected chi connectivity index (χ3v) is 3.43. The van der Waals surface area contributed by atoms with E-state index in [0.29, 0.717) is 11.3 Å². The molecule has 0 N–H and O–H groups in total. The Morgan fingerprint density at radius 2 is 2.18 bits per heavy atom. The number of esters is 1. The van der Waals surface area contributed by atoms with Crippen molar-refractivity contribution >= 4 is 17.7 Å². The summed E-state index contributed by atoms with van der Waals surface area (Å²) in [7, 11) is 1.33. The zero-order valence-corrected chi connectivity index (χ0v) is 10.5. The molecule has 0 radical (unpaired) electrons. The lowest BCUT2D eigenvalue weighted by Crippen LogP contribution is -2.08. The number of carbonyl (C=O) groups is 1. The van der Waals surface area contributed by atoms with Crippen LogP contribution in [-0.2, 0) is 15.3 Å². The highest BCUT2D eigenvalue weighted by Crippen LogP contribution is 2.22. The fraction of sp³-hybridized carbons (Fsp3) is 0.417. The molecule has 0 saturated heterocycles. The van der Waals surface area contributed by atoms with Gasteiger partial charge in [0.15, 0.2) is 0 Å². The first-order valence-electron chi connectivity index (χ1n) is 5.15. The monoisotopic (exact) mass is 260 g/mol. The van der Waals surface area contributed by atoms with Crippen molar-refractivity contribution < 1.29 is 18.3 Å². The number of ether oxygens (including phenoxy) is 1.